The van der Waals surface area contributed by atoms with Crippen molar-refractivity contribution in [1.29, 1.82) is 0 Å². The van der Waals surface area contributed by atoms with Crippen LogP contribution in [-0.4, -0.2) is 30.9 Å². The third-order valence-corrected chi connectivity index (χ3v) is 3.90. The Labute approximate surface area is 155 Å². The number of para-hydroxylation sites is 2. The van der Waals surface area contributed by atoms with Crippen LogP contribution in [-0.2, 0) is 17.9 Å². The Hall–Kier alpha value is -3.68. The largest absolute Gasteiger partial charge is 0.487 e. The van der Waals surface area contributed by atoms with Gasteiger partial charge in [-0.15, -0.1) is 5.10 Å². The van der Waals surface area contributed by atoms with Gasteiger partial charge in [-0.2, -0.15) is 0 Å². The number of nitrogens with one attached hydrogen (secondary N) is 2. The van der Waals surface area contributed by atoms with Crippen molar-refractivity contribution in [2.24, 2.45) is 0 Å². The molecule has 0 aliphatic rings. The normalized spacial score (nSPS) is 10.9. The second-order valence-corrected chi connectivity index (χ2v) is 6.10. The number of imidazole rings is 1. The molecule has 2 heterocycles. The van der Waals surface area contributed by atoms with Crippen molar-refractivity contribution in [3.05, 3.63) is 66.2 Å². The lowest BCUT2D eigenvalue weighted by Gasteiger charge is -2.05. The first-order valence-corrected chi connectivity index (χ1v) is 8.49. The third-order valence-electron chi connectivity index (χ3n) is 3.90. The molecular weight excluding hydrogens is 344 g/mol. The maximum Gasteiger partial charge on any atom is 0.221 e. The highest BCUT2D eigenvalue weighted by Crippen LogP contribution is 2.17. The Morgan fingerprint density at radius 2 is 2.00 bits per heavy atom. The van der Waals surface area contributed by atoms with Gasteiger partial charge in [0.2, 0.25) is 5.91 Å². The number of rotatable bonds is 6. The number of aromatic amines is 1. The van der Waals surface area contributed by atoms with Crippen LogP contribution in [0.4, 0.5) is 5.69 Å². The quantitative estimate of drug-likeness (QED) is 0.550. The van der Waals surface area contributed by atoms with E-state index in [0.29, 0.717) is 18.9 Å². The molecule has 0 fully saturated rings. The summed E-state index contributed by atoms with van der Waals surface area (Å²) in [6.07, 6.45) is 1.83. The summed E-state index contributed by atoms with van der Waals surface area (Å²) in [4.78, 5) is 18.8. The molecule has 0 unspecified atom stereocenters. The molecule has 0 spiro atoms. The molecule has 136 valence electrons. The smallest absolute Gasteiger partial charge is 0.221 e. The molecule has 0 aliphatic heterocycles. The molecule has 4 rings (SSSR count). The Bertz CT molecular complexity index is 1030. The fraction of sp³-hybridized carbons (Fsp3) is 0.158. The number of fused-ring (bicyclic) bond motifs is 1. The summed E-state index contributed by atoms with van der Waals surface area (Å²) in [5.41, 5.74) is 3.38. The third kappa shape index (κ3) is 4.12. The molecule has 0 saturated heterocycles. The number of aromatic nitrogens is 5. The average Bonchev–Trinajstić information content (AvgIpc) is 3.27. The van der Waals surface area contributed by atoms with Gasteiger partial charge in [-0.3, -0.25) is 4.79 Å². The summed E-state index contributed by atoms with van der Waals surface area (Å²) in [6, 6.07) is 15.0. The summed E-state index contributed by atoms with van der Waals surface area (Å²) >= 11 is 0. The number of carbonyl (C=O) groups excluding carboxylic acids is 1. The van der Waals surface area contributed by atoms with Crippen molar-refractivity contribution >= 4 is 22.6 Å². The van der Waals surface area contributed by atoms with E-state index >= 15 is 0 Å². The Kier molecular flexibility index (Phi) is 4.52. The Morgan fingerprint density at radius 1 is 1.19 bits per heavy atom. The molecule has 0 aliphatic carbocycles. The highest BCUT2D eigenvalue weighted by Gasteiger charge is 2.06. The van der Waals surface area contributed by atoms with Crippen molar-refractivity contribution in [2.75, 3.05) is 5.32 Å². The van der Waals surface area contributed by atoms with Gasteiger partial charge < -0.3 is 15.0 Å². The maximum absolute atomic E-state index is 11.0. The van der Waals surface area contributed by atoms with Gasteiger partial charge in [0, 0.05) is 12.6 Å². The van der Waals surface area contributed by atoms with E-state index in [1.807, 2.05) is 30.5 Å². The summed E-state index contributed by atoms with van der Waals surface area (Å²) in [5.74, 6) is 1.41. The van der Waals surface area contributed by atoms with Gasteiger partial charge in [0.15, 0.2) is 0 Å². The van der Waals surface area contributed by atoms with E-state index in [2.05, 4.69) is 25.6 Å². The van der Waals surface area contributed by atoms with Crippen LogP contribution in [0.3, 0.4) is 0 Å². The van der Waals surface area contributed by atoms with Crippen molar-refractivity contribution in [1.82, 2.24) is 25.0 Å². The molecule has 0 saturated carbocycles. The van der Waals surface area contributed by atoms with Crippen molar-refractivity contribution in [3.63, 3.8) is 0 Å². The fourth-order valence-electron chi connectivity index (χ4n) is 2.71. The number of nitrogens with zero attached hydrogens (tertiary/aromatic N) is 4. The molecular formula is C19H18N6O2. The molecule has 0 atom stereocenters. The molecule has 1 amide bonds. The standard InChI is InChI=1S/C19H18N6O2/c1-13(26)20-14-6-8-16(9-7-14)27-12-15-10-25(24-23-15)11-19-21-17-4-2-3-5-18(17)22-19/h2-10H,11-12H2,1H3,(H,20,26)(H,21,22). The molecule has 2 aromatic heterocycles. The van der Waals surface area contributed by atoms with Crippen LogP contribution in [0.5, 0.6) is 5.75 Å². The van der Waals surface area contributed by atoms with Crippen molar-refractivity contribution < 1.29 is 9.53 Å². The molecule has 2 aromatic carbocycles. The number of hydrogen-bond acceptors (Lipinski definition) is 5. The van der Waals surface area contributed by atoms with Gasteiger partial charge >= 0.3 is 0 Å². The number of hydrogen-bond donors (Lipinski definition) is 2. The zero-order valence-corrected chi connectivity index (χ0v) is 14.7. The predicted molar refractivity (Wildman–Crippen MR) is 100 cm³/mol. The van der Waals surface area contributed by atoms with E-state index in [1.165, 1.54) is 6.92 Å². The maximum atomic E-state index is 11.0. The number of carbonyl (C=O) groups is 1. The molecule has 2 N–H and O–H groups in total. The van der Waals surface area contributed by atoms with Crippen LogP contribution in [0, 0.1) is 0 Å². The number of H-pyrrole nitrogens is 1. The Balaban J connectivity index is 1.35. The molecule has 0 radical (unpaired) electrons. The van der Waals surface area contributed by atoms with E-state index in [1.54, 1.807) is 28.9 Å². The van der Waals surface area contributed by atoms with E-state index in [9.17, 15) is 4.79 Å². The molecule has 8 heteroatoms. The van der Waals surface area contributed by atoms with Gasteiger partial charge in [-0.25, -0.2) is 9.67 Å². The van der Waals surface area contributed by atoms with E-state index in [-0.39, 0.29) is 5.91 Å². The highest BCUT2D eigenvalue weighted by molar-refractivity contribution is 5.88. The monoisotopic (exact) mass is 362 g/mol. The zero-order valence-electron chi connectivity index (χ0n) is 14.7. The fourth-order valence-corrected chi connectivity index (χ4v) is 2.71. The number of anilines is 1. The Morgan fingerprint density at radius 3 is 2.78 bits per heavy atom. The highest BCUT2D eigenvalue weighted by atomic mass is 16.5. The van der Waals surface area contributed by atoms with Crippen molar-refractivity contribution in [3.8, 4) is 5.75 Å². The van der Waals surface area contributed by atoms with Crippen LogP contribution in [0.15, 0.2) is 54.7 Å². The van der Waals surface area contributed by atoms with Crippen LogP contribution in [0.1, 0.15) is 18.4 Å². The van der Waals surface area contributed by atoms with E-state index < -0.39 is 0 Å². The topological polar surface area (TPSA) is 97.7 Å². The second-order valence-electron chi connectivity index (χ2n) is 6.10. The lowest BCUT2D eigenvalue weighted by atomic mass is 10.3. The predicted octanol–water partition coefficient (Wildman–Crippen LogP) is 2.74. The molecule has 0 bridgehead atoms. The minimum Gasteiger partial charge on any atom is -0.487 e. The van der Waals surface area contributed by atoms with Gasteiger partial charge in [0.05, 0.1) is 17.2 Å². The minimum absolute atomic E-state index is 0.107. The van der Waals surface area contributed by atoms with Crippen LogP contribution in [0.25, 0.3) is 11.0 Å². The summed E-state index contributed by atoms with van der Waals surface area (Å²) in [5, 5.41) is 11.0. The summed E-state index contributed by atoms with van der Waals surface area (Å²) in [7, 11) is 0. The van der Waals surface area contributed by atoms with E-state index in [4.69, 9.17) is 4.74 Å². The minimum atomic E-state index is -0.107. The number of benzene rings is 2. The van der Waals surface area contributed by atoms with Gasteiger partial charge in [-0.05, 0) is 36.4 Å². The van der Waals surface area contributed by atoms with Gasteiger partial charge in [0.1, 0.15) is 30.4 Å². The lowest BCUT2D eigenvalue weighted by Crippen LogP contribution is -2.05. The first-order valence-electron chi connectivity index (χ1n) is 8.49. The van der Waals surface area contributed by atoms with Crippen molar-refractivity contribution in [2.45, 2.75) is 20.1 Å². The lowest BCUT2D eigenvalue weighted by molar-refractivity contribution is -0.114. The second kappa shape index (κ2) is 7.28. The van der Waals surface area contributed by atoms with Gasteiger partial charge in [-0.1, -0.05) is 17.3 Å². The van der Waals surface area contributed by atoms with Crippen LogP contribution in [0.2, 0.25) is 0 Å². The van der Waals surface area contributed by atoms with Gasteiger partial charge in [0.25, 0.3) is 0 Å². The first kappa shape index (κ1) is 16.8. The van der Waals surface area contributed by atoms with Crippen LogP contribution < -0.4 is 10.1 Å². The first-order chi connectivity index (χ1) is 13.2. The summed E-state index contributed by atoms with van der Waals surface area (Å²) < 4.78 is 7.43. The SMILES string of the molecule is CC(=O)Nc1ccc(OCc2cn(Cc3nc4ccccc4[nH]3)nn2)cc1. The van der Waals surface area contributed by atoms with Crippen LogP contribution >= 0.6 is 0 Å². The summed E-state index contributed by atoms with van der Waals surface area (Å²) in [6.45, 7) is 2.28. The average molecular weight is 362 g/mol. The molecule has 8 nitrogen and oxygen atoms in total. The molecule has 4 aromatic rings. The molecule has 27 heavy (non-hydrogen) atoms. The van der Waals surface area contributed by atoms with E-state index in [0.717, 1.165) is 28.2 Å². The zero-order chi connectivity index (χ0) is 18.6. The number of amides is 1. The number of ether oxygens (including phenoxy) is 1.